The van der Waals surface area contributed by atoms with E-state index >= 15 is 0 Å². The summed E-state index contributed by atoms with van der Waals surface area (Å²) in [5, 5.41) is 0. The van der Waals surface area contributed by atoms with E-state index in [0.29, 0.717) is 11.5 Å². The molecule has 1 saturated carbocycles. The minimum absolute atomic E-state index is 0.275. The zero-order chi connectivity index (χ0) is 14.5. The fourth-order valence-electron chi connectivity index (χ4n) is 3.58. The Hall–Kier alpha value is -0.0800. The monoisotopic (exact) mass is 268 g/mol. The summed E-state index contributed by atoms with van der Waals surface area (Å²) < 4.78 is 0. The third kappa shape index (κ3) is 4.46. The van der Waals surface area contributed by atoms with Crippen LogP contribution in [0, 0.1) is 5.41 Å². The largest absolute Gasteiger partial charge is 0.329 e. The average molecular weight is 268 g/mol. The number of hydrogen-bond acceptors (Lipinski definition) is 2. The van der Waals surface area contributed by atoms with E-state index in [-0.39, 0.29) is 5.54 Å². The van der Waals surface area contributed by atoms with Crippen LogP contribution in [0.3, 0.4) is 0 Å². The van der Waals surface area contributed by atoms with E-state index in [1.165, 1.54) is 51.5 Å². The molecule has 19 heavy (non-hydrogen) atoms. The molecule has 0 atom stereocenters. The van der Waals surface area contributed by atoms with Crippen molar-refractivity contribution in [2.45, 2.75) is 91.1 Å². The van der Waals surface area contributed by atoms with Crippen LogP contribution in [0.25, 0.3) is 0 Å². The topological polar surface area (TPSA) is 29.3 Å². The summed E-state index contributed by atoms with van der Waals surface area (Å²) in [5.74, 6) is 0. The Morgan fingerprint density at radius 1 is 1.05 bits per heavy atom. The van der Waals surface area contributed by atoms with Gasteiger partial charge in [0.05, 0.1) is 0 Å². The molecule has 2 N–H and O–H groups in total. The molecule has 0 aromatic rings. The Morgan fingerprint density at radius 2 is 1.63 bits per heavy atom. The average Bonchev–Trinajstić information content (AvgIpc) is 2.36. The summed E-state index contributed by atoms with van der Waals surface area (Å²) in [6, 6.07) is 0.613. The Labute approximate surface area is 121 Å². The molecule has 114 valence electrons. The third-order valence-electron chi connectivity index (χ3n) is 5.15. The molecule has 2 nitrogen and oxygen atoms in total. The second-order valence-corrected chi connectivity index (χ2v) is 7.59. The Balaban J connectivity index is 2.73. The van der Waals surface area contributed by atoms with E-state index in [2.05, 4.69) is 39.5 Å². The molecule has 0 aromatic heterocycles. The molecule has 2 heteroatoms. The predicted octanol–water partition coefficient (Wildman–Crippen LogP) is 4.18. The molecule has 0 bridgehead atoms. The molecule has 0 saturated heterocycles. The highest BCUT2D eigenvalue weighted by atomic mass is 15.2. The molecule has 0 spiro atoms. The van der Waals surface area contributed by atoms with E-state index in [1.807, 2.05) is 0 Å². The molecule has 0 amide bonds. The summed E-state index contributed by atoms with van der Waals surface area (Å²) in [4.78, 5) is 2.72. The Kier molecular flexibility index (Phi) is 6.32. The minimum atomic E-state index is 0.275. The van der Waals surface area contributed by atoms with Crippen molar-refractivity contribution in [1.29, 1.82) is 0 Å². The zero-order valence-corrected chi connectivity index (χ0v) is 14.0. The van der Waals surface area contributed by atoms with Gasteiger partial charge in [-0.15, -0.1) is 0 Å². The van der Waals surface area contributed by atoms with Crippen LogP contribution in [0.4, 0.5) is 0 Å². The van der Waals surface area contributed by atoms with Crippen LogP contribution in [-0.2, 0) is 0 Å². The highest BCUT2D eigenvalue weighted by Crippen LogP contribution is 2.43. The molecule has 1 aliphatic carbocycles. The van der Waals surface area contributed by atoms with Crippen molar-refractivity contribution in [3.8, 4) is 0 Å². The van der Waals surface area contributed by atoms with Gasteiger partial charge in [0.2, 0.25) is 0 Å². The highest BCUT2D eigenvalue weighted by molar-refractivity contribution is 4.98. The van der Waals surface area contributed by atoms with E-state index in [1.54, 1.807) is 0 Å². The van der Waals surface area contributed by atoms with E-state index in [0.717, 1.165) is 6.54 Å². The van der Waals surface area contributed by atoms with Gasteiger partial charge in [-0.25, -0.2) is 0 Å². The normalized spacial score (nSPS) is 22.1. The SMILES string of the molecule is CCCCCN(C(C)C)C1(CN)CCC(C)(C)CC1. The van der Waals surface area contributed by atoms with Crippen molar-refractivity contribution < 1.29 is 0 Å². The van der Waals surface area contributed by atoms with E-state index in [9.17, 15) is 0 Å². The van der Waals surface area contributed by atoms with Crippen LogP contribution in [0.5, 0.6) is 0 Å². The van der Waals surface area contributed by atoms with Gasteiger partial charge in [-0.2, -0.15) is 0 Å². The van der Waals surface area contributed by atoms with Crippen LogP contribution >= 0.6 is 0 Å². The molecule has 0 heterocycles. The maximum absolute atomic E-state index is 6.23. The molecule has 1 aliphatic rings. The van der Waals surface area contributed by atoms with Crippen molar-refractivity contribution in [1.82, 2.24) is 4.90 Å². The van der Waals surface area contributed by atoms with Gasteiger partial charge >= 0.3 is 0 Å². The summed E-state index contributed by atoms with van der Waals surface area (Å²) in [6.45, 7) is 13.8. The van der Waals surface area contributed by atoms with Gasteiger partial charge in [-0.3, -0.25) is 4.90 Å². The lowest BCUT2D eigenvalue weighted by atomic mass is 9.68. The quantitative estimate of drug-likeness (QED) is 0.702. The Morgan fingerprint density at radius 3 is 2.05 bits per heavy atom. The second-order valence-electron chi connectivity index (χ2n) is 7.59. The molecule has 1 fully saturated rings. The number of unbranched alkanes of at least 4 members (excludes halogenated alkanes) is 2. The van der Waals surface area contributed by atoms with Crippen LogP contribution in [0.2, 0.25) is 0 Å². The summed E-state index contributed by atoms with van der Waals surface area (Å²) in [5.41, 5.74) is 7.02. The molecular weight excluding hydrogens is 232 g/mol. The molecule has 0 aromatic carbocycles. The van der Waals surface area contributed by atoms with Crippen LogP contribution in [0.1, 0.15) is 79.6 Å². The first-order valence-corrected chi connectivity index (χ1v) is 8.34. The maximum Gasteiger partial charge on any atom is 0.0334 e. The first-order chi connectivity index (χ1) is 8.87. The number of nitrogens with two attached hydrogens (primary N) is 1. The summed E-state index contributed by atoms with van der Waals surface area (Å²) >= 11 is 0. The standard InChI is InChI=1S/C17H36N2/c1-6-7-8-13-19(15(2)3)17(14-18)11-9-16(4,5)10-12-17/h15H,6-14,18H2,1-5H3. The van der Waals surface area contributed by atoms with Crippen molar-refractivity contribution >= 4 is 0 Å². The maximum atomic E-state index is 6.23. The summed E-state index contributed by atoms with van der Waals surface area (Å²) in [6.07, 6.45) is 9.16. The number of rotatable bonds is 7. The lowest BCUT2D eigenvalue weighted by Gasteiger charge is -2.51. The van der Waals surface area contributed by atoms with Gasteiger partial charge in [0.1, 0.15) is 0 Å². The number of hydrogen-bond donors (Lipinski definition) is 1. The fraction of sp³-hybridized carbons (Fsp3) is 1.00. The first kappa shape index (κ1) is 17.0. The van der Waals surface area contributed by atoms with Gasteiger partial charge in [0.15, 0.2) is 0 Å². The van der Waals surface area contributed by atoms with Crippen molar-refractivity contribution in [2.75, 3.05) is 13.1 Å². The van der Waals surface area contributed by atoms with Crippen LogP contribution in [-0.4, -0.2) is 29.6 Å². The molecule has 1 rings (SSSR count). The third-order valence-corrected chi connectivity index (χ3v) is 5.15. The van der Waals surface area contributed by atoms with Gasteiger partial charge in [0, 0.05) is 18.1 Å². The molecule has 0 radical (unpaired) electrons. The molecule has 0 aliphatic heterocycles. The predicted molar refractivity (Wildman–Crippen MR) is 85.4 cm³/mol. The molecule has 0 unspecified atom stereocenters. The molecular formula is C17H36N2. The van der Waals surface area contributed by atoms with Crippen LogP contribution < -0.4 is 5.73 Å². The fourth-order valence-corrected chi connectivity index (χ4v) is 3.58. The minimum Gasteiger partial charge on any atom is -0.329 e. The van der Waals surface area contributed by atoms with Crippen molar-refractivity contribution in [2.24, 2.45) is 11.1 Å². The first-order valence-electron chi connectivity index (χ1n) is 8.34. The lowest BCUT2D eigenvalue weighted by molar-refractivity contribution is 0.000863. The van der Waals surface area contributed by atoms with Gasteiger partial charge < -0.3 is 5.73 Å². The second kappa shape index (κ2) is 7.08. The van der Waals surface area contributed by atoms with Gasteiger partial charge in [-0.05, 0) is 57.9 Å². The van der Waals surface area contributed by atoms with Crippen LogP contribution in [0.15, 0.2) is 0 Å². The van der Waals surface area contributed by atoms with Gasteiger partial charge in [-0.1, -0.05) is 33.6 Å². The smallest absolute Gasteiger partial charge is 0.0334 e. The van der Waals surface area contributed by atoms with Crippen molar-refractivity contribution in [3.63, 3.8) is 0 Å². The van der Waals surface area contributed by atoms with E-state index < -0.39 is 0 Å². The van der Waals surface area contributed by atoms with E-state index in [4.69, 9.17) is 5.73 Å². The van der Waals surface area contributed by atoms with Crippen molar-refractivity contribution in [3.05, 3.63) is 0 Å². The lowest BCUT2D eigenvalue weighted by Crippen LogP contribution is -2.59. The number of nitrogens with zero attached hydrogens (tertiary/aromatic N) is 1. The summed E-state index contributed by atoms with van der Waals surface area (Å²) in [7, 11) is 0. The van der Waals surface area contributed by atoms with Gasteiger partial charge in [0.25, 0.3) is 0 Å². The highest BCUT2D eigenvalue weighted by Gasteiger charge is 2.42. The Bertz CT molecular complexity index is 248. The zero-order valence-electron chi connectivity index (χ0n) is 14.0.